The van der Waals surface area contributed by atoms with Crippen LogP contribution in [-0.4, -0.2) is 31.0 Å². The van der Waals surface area contributed by atoms with Crippen molar-refractivity contribution in [3.63, 3.8) is 0 Å². The van der Waals surface area contributed by atoms with Gasteiger partial charge in [0, 0.05) is 0 Å². The van der Waals surface area contributed by atoms with Crippen LogP contribution >= 0.6 is 0 Å². The van der Waals surface area contributed by atoms with Crippen LogP contribution in [0.3, 0.4) is 0 Å². The molecular weight excluding hydrogens is 168 g/mol. The lowest BCUT2D eigenvalue weighted by atomic mass is 9.82. The SMILES string of the molecule is Bc1c(O)c(B)c(O)c(C#N)c1O. The van der Waals surface area contributed by atoms with Crippen LogP contribution in [0.4, 0.5) is 0 Å². The number of phenolic OH excluding ortho intramolecular Hbond substituents is 3. The molecule has 1 aromatic carbocycles. The lowest BCUT2D eigenvalue weighted by Gasteiger charge is -2.10. The highest BCUT2D eigenvalue weighted by Crippen LogP contribution is 2.25. The molecule has 0 unspecified atom stereocenters. The molecule has 4 nitrogen and oxygen atoms in total. The van der Waals surface area contributed by atoms with Crippen LogP contribution in [0, 0.1) is 11.3 Å². The smallest absolute Gasteiger partial charge is 0.149 e. The number of hydrogen-bond acceptors (Lipinski definition) is 4. The van der Waals surface area contributed by atoms with Gasteiger partial charge in [-0.05, 0) is 10.9 Å². The fourth-order valence-corrected chi connectivity index (χ4v) is 1.10. The van der Waals surface area contributed by atoms with Gasteiger partial charge in [0.2, 0.25) is 0 Å². The van der Waals surface area contributed by atoms with E-state index in [1.165, 1.54) is 15.7 Å². The van der Waals surface area contributed by atoms with Crippen molar-refractivity contribution in [1.29, 1.82) is 5.26 Å². The fraction of sp³-hybridized carbons (Fsp3) is 0. The van der Waals surface area contributed by atoms with Crippen molar-refractivity contribution in [2.75, 3.05) is 0 Å². The molecule has 0 aliphatic rings. The summed E-state index contributed by atoms with van der Waals surface area (Å²) in [5, 5.41) is 36.6. The van der Waals surface area contributed by atoms with Crippen molar-refractivity contribution in [3.8, 4) is 23.3 Å². The molecule has 0 saturated heterocycles. The summed E-state index contributed by atoms with van der Waals surface area (Å²) in [5.41, 5.74) is 0.200. The number of benzene rings is 1. The number of aromatic hydroxyl groups is 3. The monoisotopic (exact) mass is 175 g/mol. The molecule has 0 aliphatic carbocycles. The van der Waals surface area contributed by atoms with E-state index in [4.69, 9.17) is 5.26 Å². The normalized spacial score (nSPS) is 9.46. The minimum Gasteiger partial charge on any atom is -0.509 e. The molecule has 1 aromatic rings. The highest BCUT2D eigenvalue weighted by Gasteiger charge is 2.17. The predicted octanol–water partition coefficient (Wildman–Crippen LogP) is -2.81. The molecule has 64 valence electrons. The average molecular weight is 175 g/mol. The van der Waals surface area contributed by atoms with Crippen molar-refractivity contribution in [3.05, 3.63) is 5.56 Å². The number of phenols is 3. The summed E-state index contributed by atoms with van der Waals surface area (Å²) in [4.78, 5) is 0. The van der Waals surface area contributed by atoms with Crippen molar-refractivity contribution >= 4 is 26.6 Å². The van der Waals surface area contributed by atoms with Gasteiger partial charge in [0.15, 0.2) is 0 Å². The van der Waals surface area contributed by atoms with Crippen LogP contribution < -0.4 is 10.9 Å². The second-order valence-corrected chi connectivity index (χ2v) is 2.78. The molecule has 0 saturated carbocycles. The Morgan fingerprint density at radius 1 is 0.923 bits per heavy atom. The summed E-state index contributed by atoms with van der Waals surface area (Å²) in [6, 6.07) is 1.66. The van der Waals surface area contributed by atoms with Gasteiger partial charge in [-0.2, -0.15) is 5.26 Å². The van der Waals surface area contributed by atoms with Crippen LogP contribution in [0.25, 0.3) is 0 Å². The molecule has 6 heteroatoms. The molecule has 0 amide bonds. The van der Waals surface area contributed by atoms with Gasteiger partial charge < -0.3 is 15.3 Å². The second-order valence-electron chi connectivity index (χ2n) is 2.78. The Labute approximate surface area is 76.9 Å². The fourth-order valence-electron chi connectivity index (χ4n) is 1.10. The maximum Gasteiger partial charge on any atom is 0.149 e. The summed E-state index contributed by atoms with van der Waals surface area (Å²) in [6.45, 7) is 0. The molecule has 0 spiro atoms. The maximum atomic E-state index is 9.36. The third-order valence-electron chi connectivity index (χ3n) is 2.01. The zero-order chi connectivity index (χ0) is 10.2. The number of hydrogen-bond donors (Lipinski definition) is 3. The van der Waals surface area contributed by atoms with E-state index in [0.717, 1.165) is 0 Å². The van der Waals surface area contributed by atoms with E-state index in [2.05, 4.69) is 0 Å². The van der Waals surface area contributed by atoms with Gasteiger partial charge in [0.25, 0.3) is 0 Å². The highest BCUT2D eigenvalue weighted by atomic mass is 16.3. The first kappa shape index (κ1) is 9.33. The summed E-state index contributed by atoms with van der Waals surface area (Å²) < 4.78 is 0. The van der Waals surface area contributed by atoms with E-state index in [9.17, 15) is 15.3 Å². The predicted molar refractivity (Wildman–Crippen MR) is 52.5 cm³/mol. The molecule has 0 atom stereocenters. The van der Waals surface area contributed by atoms with Gasteiger partial charge in [0.05, 0.1) is 0 Å². The third kappa shape index (κ3) is 1.18. The van der Waals surface area contributed by atoms with Gasteiger partial charge in [-0.15, -0.1) is 0 Å². The van der Waals surface area contributed by atoms with Gasteiger partial charge in [-0.3, -0.25) is 0 Å². The summed E-state index contributed by atoms with van der Waals surface area (Å²) in [6.07, 6.45) is 0. The number of nitrogens with zero attached hydrogens (tertiary/aromatic N) is 1. The minimum atomic E-state index is -0.372. The van der Waals surface area contributed by atoms with Crippen molar-refractivity contribution < 1.29 is 15.3 Å². The van der Waals surface area contributed by atoms with Crippen LogP contribution in [0.2, 0.25) is 0 Å². The Hall–Kier alpha value is -1.76. The topological polar surface area (TPSA) is 84.5 Å². The first-order valence-corrected chi connectivity index (χ1v) is 3.64. The zero-order valence-corrected chi connectivity index (χ0v) is 7.29. The Morgan fingerprint density at radius 3 is 1.62 bits per heavy atom. The molecule has 13 heavy (non-hydrogen) atoms. The molecule has 3 N–H and O–H groups in total. The van der Waals surface area contributed by atoms with Crippen molar-refractivity contribution in [2.45, 2.75) is 0 Å². The first-order chi connectivity index (χ1) is 6.00. The maximum absolute atomic E-state index is 9.36. The molecule has 0 radical (unpaired) electrons. The second kappa shape index (κ2) is 2.94. The Bertz CT molecular complexity index is 382. The van der Waals surface area contributed by atoms with Gasteiger partial charge in [-0.1, -0.05) is 0 Å². The third-order valence-corrected chi connectivity index (χ3v) is 2.01. The van der Waals surface area contributed by atoms with Gasteiger partial charge in [-0.25, -0.2) is 0 Å². The molecule has 0 aliphatic heterocycles. The van der Waals surface area contributed by atoms with E-state index >= 15 is 0 Å². The molecular formula is C7H7B2NO3. The Morgan fingerprint density at radius 2 is 1.31 bits per heavy atom. The van der Waals surface area contributed by atoms with Crippen LogP contribution in [0.1, 0.15) is 5.56 Å². The van der Waals surface area contributed by atoms with Crippen LogP contribution in [-0.2, 0) is 0 Å². The van der Waals surface area contributed by atoms with Gasteiger partial charge >= 0.3 is 0 Å². The lowest BCUT2D eigenvalue weighted by molar-refractivity contribution is 0.437. The minimum absolute atomic E-state index is 0.186. The largest absolute Gasteiger partial charge is 0.509 e. The van der Waals surface area contributed by atoms with E-state index in [-0.39, 0.29) is 33.7 Å². The first-order valence-electron chi connectivity index (χ1n) is 3.64. The quantitative estimate of drug-likeness (QED) is 0.371. The highest BCUT2D eigenvalue weighted by molar-refractivity contribution is 6.44. The summed E-state index contributed by atoms with van der Waals surface area (Å²) >= 11 is 0. The molecule has 0 heterocycles. The Kier molecular flexibility index (Phi) is 2.11. The van der Waals surface area contributed by atoms with Crippen LogP contribution in [0.15, 0.2) is 0 Å². The zero-order valence-electron chi connectivity index (χ0n) is 7.29. The molecule has 0 aromatic heterocycles. The lowest BCUT2D eigenvalue weighted by Crippen LogP contribution is -2.17. The molecule has 0 fully saturated rings. The van der Waals surface area contributed by atoms with Crippen molar-refractivity contribution in [2.24, 2.45) is 0 Å². The Balaban J connectivity index is 3.69. The standard InChI is InChI=1S/C7H7B2NO3/c8-3-5(11)2(1-10)6(12)4(9)7(3)13/h11-13H,8-9H2. The van der Waals surface area contributed by atoms with E-state index in [0.29, 0.717) is 0 Å². The van der Waals surface area contributed by atoms with E-state index in [1.54, 1.807) is 6.07 Å². The van der Waals surface area contributed by atoms with Crippen molar-refractivity contribution in [1.82, 2.24) is 0 Å². The molecule has 0 bridgehead atoms. The summed E-state index contributed by atoms with van der Waals surface area (Å²) in [7, 11) is 2.94. The van der Waals surface area contributed by atoms with E-state index in [1.807, 2.05) is 0 Å². The number of nitriles is 1. The average Bonchev–Trinajstić information content (AvgIpc) is 2.13. The van der Waals surface area contributed by atoms with Crippen LogP contribution in [0.5, 0.6) is 17.2 Å². The van der Waals surface area contributed by atoms with Gasteiger partial charge in [0.1, 0.15) is 44.6 Å². The number of rotatable bonds is 0. The summed E-state index contributed by atoms with van der Waals surface area (Å²) in [5.74, 6) is -0.930. The van der Waals surface area contributed by atoms with E-state index < -0.39 is 0 Å². The molecule has 1 rings (SSSR count).